The minimum Gasteiger partial charge on any atom is -0.387 e. The Hall–Kier alpha value is -2.25. The van der Waals surface area contributed by atoms with E-state index in [-0.39, 0.29) is 0 Å². The van der Waals surface area contributed by atoms with Gasteiger partial charge in [0, 0.05) is 7.05 Å². The van der Waals surface area contributed by atoms with Gasteiger partial charge < -0.3 is 5.32 Å². The summed E-state index contributed by atoms with van der Waals surface area (Å²) in [6.07, 6.45) is 0.993. The minimum atomic E-state index is 0.758. The number of anilines is 1. The molecule has 0 heterocycles. The van der Waals surface area contributed by atoms with Crippen LogP contribution in [0.25, 0.3) is 22.3 Å². The Morgan fingerprint density at radius 1 is 0.864 bits per heavy atom. The topological polar surface area (TPSA) is 12.0 Å². The van der Waals surface area contributed by atoms with Gasteiger partial charge in [-0.25, -0.2) is 0 Å². The number of hydrogen-bond acceptors (Lipinski definition) is 1. The predicted molar refractivity (Wildman–Crippen MR) is 94.7 cm³/mol. The van der Waals surface area contributed by atoms with Crippen LogP contribution in [0.2, 0.25) is 5.02 Å². The van der Waals surface area contributed by atoms with E-state index in [9.17, 15) is 0 Å². The summed E-state index contributed by atoms with van der Waals surface area (Å²) in [6.45, 7) is 0. The number of hydrogen-bond donors (Lipinski definition) is 1. The third-order valence-corrected chi connectivity index (χ3v) is 4.71. The maximum Gasteiger partial charge on any atom is 0.0643 e. The van der Waals surface area contributed by atoms with E-state index in [1.807, 2.05) is 19.2 Å². The first-order valence-corrected chi connectivity index (χ1v) is 7.83. The first kappa shape index (κ1) is 13.4. The summed E-state index contributed by atoms with van der Waals surface area (Å²) in [7, 11) is 1.89. The molecule has 0 aromatic heterocycles. The number of rotatable bonds is 2. The van der Waals surface area contributed by atoms with Gasteiger partial charge in [-0.2, -0.15) is 0 Å². The highest BCUT2D eigenvalue weighted by Crippen LogP contribution is 2.42. The van der Waals surface area contributed by atoms with Gasteiger partial charge in [0.25, 0.3) is 0 Å². The van der Waals surface area contributed by atoms with E-state index >= 15 is 0 Å². The molecule has 0 aliphatic heterocycles. The van der Waals surface area contributed by atoms with E-state index in [0.717, 1.165) is 17.1 Å². The third-order valence-electron chi connectivity index (χ3n) is 4.40. The first-order valence-electron chi connectivity index (χ1n) is 7.46. The van der Waals surface area contributed by atoms with Crippen LogP contribution in [0, 0.1) is 0 Å². The average molecular weight is 306 g/mol. The van der Waals surface area contributed by atoms with Crippen LogP contribution >= 0.6 is 11.6 Å². The molecule has 1 aliphatic rings. The van der Waals surface area contributed by atoms with Crippen molar-refractivity contribution in [2.75, 3.05) is 12.4 Å². The molecular formula is C20H16ClN. The fourth-order valence-corrected chi connectivity index (χ4v) is 3.59. The molecule has 2 heteroatoms. The molecule has 1 N–H and O–H groups in total. The van der Waals surface area contributed by atoms with Crippen molar-refractivity contribution in [2.24, 2.45) is 0 Å². The Balaban J connectivity index is 1.87. The van der Waals surface area contributed by atoms with E-state index in [1.165, 1.54) is 33.4 Å². The molecule has 0 fully saturated rings. The van der Waals surface area contributed by atoms with Crippen molar-refractivity contribution in [3.8, 4) is 22.3 Å². The molecule has 1 aliphatic carbocycles. The number of halogens is 1. The van der Waals surface area contributed by atoms with Gasteiger partial charge in [-0.1, -0.05) is 60.1 Å². The Morgan fingerprint density at radius 3 is 2.45 bits per heavy atom. The van der Waals surface area contributed by atoms with Crippen molar-refractivity contribution in [3.05, 3.63) is 76.8 Å². The van der Waals surface area contributed by atoms with Gasteiger partial charge in [-0.3, -0.25) is 0 Å². The molecule has 0 unspecified atom stereocenters. The summed E-state index contributed by atoms with van der Waals surface area (Å²) in [4.78, 5) is 0. The predicted octanol–water partition coefficient (Wildman–Crippen LogP) is 5.62. The van der Waals surface area contributed by atoms with E-state index in [1.54, 1.807) is 0 Å². The summed E-state index contributed by atoms with van der Waals surface area (Å²) in [5.41, 5.74) is 8.92. The smallest absolute Gasteiger partial charge is 0.0643 e. The molecule has 4 rings (SSSR count). The fourth-order valence-electron chi connectivity index (χ4n) is 3.31. The first-order chi connectivity index (χ1) is 10.8. The molecule has 1 nitrogen and oxygen atoms in total. The average Bonchev–Trinajstić information content (AvgIpc) is 2.93. The second-order valence-corrected chi connectivity index (χ2v) is 6.02. The SMILES string of the molecule is CNc1ccc(-c2cccc3c2Cc2ccccc2-3)cc1Cl. The van der Waals surface area contributed by atoms with Crippen molar-refractivity contribution in [1.82, 2.24) is 0 Å². The lowest BCUT2D eigenvalue weighted by atomic mass is 9.95. The molecular weight excluding hydrogens is 290 g/mol. The zero-order valence-electron chi connectivity index (χ0n) is 12.4. The number of fused-ring (bicyclic) bond motifs is 3. The Kier molecular flexibility index (Phi) is 3.16. The minimum absolute atomic E-state index is 0.758. The van der Waals surface area contributed by atoms with Gasteiger partial charge in [0.05, 0.1) is 10.7 Å². The summed E-state index contributed by atoms with van der Waals surface area (Å²) in [5, 5.41) is 3.87. The zero-order chi connectivity index (χ0) is 15.1. The van der Waals surface area contributed by atoms with Crippen LogP contribution in [-0.2, 0) is 6.42 Å². The highest BCUT2D eigenvalue weighted by atomic mass is 35.5. The number of nitrogens with one attached hydrogen (secondary N) is 1. The molecule has 22 heavy (non-hydrogen) atoms. The molecule has 0 amide bonds. The summed E-state index contributed by atoms with van der Waals surface area (Å²) in [5.74, 6) is 0. The number of benzene rings is 3. The van der Waals surface area contributed by atoms with Gasteiger partial charge in [-0.15, -0.1) is 0 Å². The van der Waals surface area contributed by atoms with E-state index in [2.05, 4.69) is 53.8 Å². The second kappa shape index (κ2) is 5.19. The quantitative estimate of drug-likeness (QED) is 0.507. The molecule has 3 aromatic carbocycles. The lowest BCUT2D eigenvalue weighted by Crippen LogP contribution is -1.91. The third kappa shape index (κ3) is 2.01. The lowest BCUT2D eigenvalue weighted by molar-refractivity contribution is 1.26. The van der Waals surface area contributed by atoms with Crippen LogP contribution < -0.4 is 5.32 Å². The molecule has 0 radical (unpaired) electrons. The van der Waals surface area contributed by atoms with Crippen LogP contribution in [0.3, 0.4) is 0 Å². The van der Waals surface area contributed by atoms with Crippen LogP contribution in [0.5, 0.6) is 0 Å². The van der Waals surface area contributed by atoms with Crippen LogP contribution in [0.4, 0.5) is 5.69 Å². The normalized spacial score (nSPS) is 11.9. The van der Waals surface area contributed by atoms with Crippen LogP contribution in [-0.4, -0.2) is 7.05 Å². The van der Waals surface area contributed by atoms with Gasteiger partial charge in [0.2, 0.25) is 0 Å². The summed E-state index contributed by atoms with van der Waals surface area (Å²) < 4.78 is 0. The van der Waals surface area contributed by atoms with E-state index in [0.29, 0.717) is 0 Å². The summed E-state index contributed by atoms with van der Waals surface area (Å²) in [6, 6.07) is 21.4. The maximum atomic E-state index is 6.36. The Labute approximate surface area is 135 Å². The zero-order valence-corrected chi connectivity index (χ0v) is 13.1. The van der Waals surface area contributed by atoms with Crippen molar-refractivity contribution in [2.45, 2.75) is 6.42 Å². The molecule has 0 saturated heterocycles. The van der Waals surface area contributed by atoms with Gasteiger partial charge >= 0.3 is 0 Å². The maximum absolute atomic E-state index is 6.36. The molecule has 0 spiro atoms. The molecule has 108 valence electrons. The van der Waals surface area contributed by atoms with Crippen LogP contribution in [0.1, 0.15) is 11.1 Å². The van der Waals surface area contributed by atoms with Gasteiger partial charge in [-0.05, 0) is 51.9 Å². The van der Waals surface area contributed by atoms with Crippen molar-refractivity contribution in [1.29, 1.82) is 0 Å². The molecule has 3 aromatic rings. The lowest BCUT2D eigenvalue weighted by Gasteiger charge is -2.11. The molecule has 0 bridgehead atoms. The van der Waals surface area contributed by atoms with Crippen molar-refractivity contribution >= 4 is 17.3 Å². The Morgan fingerprint density at radius 2 is 1.64 bits per heavy atom. The monoisotopic (exact) mass is 305 g/mol. The summed E-state index contributed by atoms with van der Waals surface area (Å²) >= 11 is 6.36. The van der Waals surface area contributed by atoms with E-state index < -0.39 is 0 Å². The standard InChI is InChI=1S/C20H16ClN/c1-22-20-10-9-14(12-19(20)21)16-7-4-8-17-15-6-3-2-5-13(15)11-18(16)17/h2-10,12,22H,11H2,1H3. The Bertz CT molecular complexity index is 867. The van der Waals surface area contributed by atoms with Gasteiger partial charge in [0.15, 0.2) is 0 Å². The van der Waals surface area contributed by atoms with Crippen molar-refractivity contribution in [3.63, 3.8) is 0 Å². The van der Waals surface area contributed by atoms with E-state index in [4.69, 9.17) is 11.6 Å². The largest absolute Gasteiger partial charge is 0.387 e. The van der Waals surface area contributed by atoms with Gasteiger partial charge in [0.1, 0.15) is 0 Å². The highest BCUT2D eigenvalue weighted by molar-refractivity contribution is 6.33. The molecule has 0 atom stereocenters. The van der Waals surface area contributed by atoms with Crippen LogP contribution in [0.15, 0.2) is 60.7 Å². The fraction of sp³-hybridized carbons (Fsp3) is 0.100. The molecule has 0 saturated carbocycles. The highest BCUT2D eigenvalue weighted by Gasteiger charge is 2.21. The van der Waals surface area contributed by atoms with Crippen molar-refractivity contribution < 1.29 is 0 Å². The second-order valence-electron chi connectivity index (χ2n) is 5.61.